The van der Waals surface area contributed by atoms with Crippen molar-refractivity contribution in [3.63, 3.8) is 0 Å². The van der Waals surface area contributed by atoms with Gasteiger partial charge in [0.25, 0.3) is 0 Å². The first kappa shape index (κ1) is 11.9. The van der Waals surface area contributed by atoms with Gasteiger partial charge in [-0.3, -0.25) is 4.68 Å². The number of carboxylic acids is 1. The second-order valence-electron chi connectivity index (χ2n) is 3.33. The molecule has 2 aromatic rings. The molecule has 2 heterocycles. The van der Waals surface area contributed by atoms with Gasteiger partial charge in [-0.25, -0.2) is 4.79 Å². The monoisotopic (exact) mass is 268 g/mol. The van der Waals surface area contributed by atoms with E-state index in [0.29, 0.717) is 11.6 Å². The first-order valence-corrected chi connectivity index (χ1v) is 6.06. The van der Waals surface area contributed by atoms with Crippen LogP contribution in [0.1, 0.15) is 10.4 Å². The van der Waals surface area contributed by atoms with E-state index in [0.717, 1.165) is 16.5 Å². The Balaban J connectivity index is 2.16. The summed E-state index contributed by atoms with van der Waals surface area (Å²) in [7, 11) is 0. The van der Waals surface area contributed by atoms with Crippen LogP contribution < -0.4 is 0 Å². The summed E-state index contributed by atoms with van der Waals surface area (Å²) in [5, 5.41) is 15.2. The van der Waals surface area contributed by atoms with Crippen LogP contribution in [0.4, 0.5) is 0 Å². The summed E-state index contributed by atoms with van der Waals surface area (Å²) in [6, 6.07) is 1.88. The van der Waals surface area contributed by atoms with Gasteiger partial charge in [0.15, 0.2) is 0 Å². The van der Waals surface area contributed by atoms with E-state index in [4.69, 9.17) is 16.7 Å². The zero-order chi connectivity index (χ0) is 12.3. The van der Waals surface area contributed by atoms with Crippen molar-refractivity contribution in [2.24, 2.45) is 0 Å². The van der Waals surface area contributed by atoms with E-state index in [-0.39, 0.29) is 0 Å². The molecule has 0 bridgehead atoms. The Kier molecular flexibility index (Phi) is 3.61. The van der Waals surface area contributed by atoms with Gasteiger partial charge in [0.05, 0.1) is 17.8 Å². The van der Waals surface area contributed by atoms with E-state index in [9.17, 15) is 4.79 Å². The van der Waals surface area contributed by atoms with E-state index in [1.54, 1.807) is 34.5 Å². The van der Waals surface area contributed by atoms with E-state index in [2.05, 4.69) is 5.10 Å². The van der Waals surface area contributed by atoms with Crippen molar-refractivity contribution in [2.75, 3.05) is 0 Å². The zero-order valence-corrected chi connectivity index (χ0v) is 10.3. The SMILES string of the molecule is O=C(O)C=Cc1ccsc1Cn1cc(Cl)cn1. The Bertz CT molecular complexity index is 559. The maximum Gasteiger partial charge on any atom is 0.328 e. The second-order valence-corrected chi connectivity index (χ2v) is 4.76. The van der Waals surface area contributed by atoms with Crippen molar-refractivity contribution < 1.29 is 9.90 Å². The highest BCUT2D eigenvalue weighted by Crippen LogP contribution is 2.20. The minimum atomic E-state index is -0.954. The van der Waals surface area contributed by atoms with Crippen LogP contribution in [0.2, 0.25) is 5.02 Å². The lowest BCUT2D eigenvalue weighted by molar-refractivity contribution is -0.131. The Morgan fingerprint density at radius 1 is 1.65 bits per heavy atom. The van der Waals surface area contributed by atoms with Crippen LogP contribution in [0.5, 0.6) is 0 Å². The fourth-order valence-corrected chi connectivity index (χ4v) is 2.37. The number of hydrogen-bond acceptors (Lipinski definition) is 3. The van der Waals surface area contributed by atoms with Crippen molar-refractivity contribution >= 4 is 35.0 Å². The molecule has 0 aliphatic heterocycles. The third-order valence-corrected chi connectivity index (χ3v) is 3.21. The molecule has 4 nitrogen and oxygen atoms in total. The Morgan fingerprint density at radius 2 is 2.47 bits per heavy atom. The summed E-state index contributed by atoms with van der Waals surface area (Å²) in [5.74, 6) is -0.954. The van der Waals surface area contributed by atoms with Gasteiger partial charge in [-0.2, -0.15) is 5.10 Å². The molecule has 2 rings (SSSR count). The first-order valence-electron chi connectivity index (χ1n) is 4.80. The van der Waals surface area contributed by atoms with Crippen LogP contribution in [0.25, 0.3) is 6.08 Å². The Hall–Kier alpha value is -1.59. The molecule has 0 fully saturated rings. The molecular formula is C11H9ClN2O2S. The van der Waals surface area contributed by atoms with Crippen LogP contribution in [-0.2, 0) is 11.3 Å². The highest BCUT2D eigenvalue weighted by Gasteiger charge is 2.04. The molecule has 0 aliphatic rings. The Labute approximate surface area is 107 Å². The lowest BCUT2D eigenvalue weighted by Crippen LogP contribution is -1.99. The van der Waals surface area contributed by atoms with Crippen LogP contribution in [0, 0.1) is 0 Å². The molecule has 0 amide bonds. The third-order valence-electron chi connectivity index (χ3n) is 2.09. The highest BCUT2D eigenvalue weighted by molar-refractivity contribution is 7.10. The maximum atomic E-state index is 10.4. The van der Waals surface area contributed by atoms with Crippen molar-refractivity contribution in [1.82, 2.24) is 9.78 Å². The molecule has 0 atom stereocenters. The van der Waals surface area contributed by atoms with Crippen LogP contribution >= 0.6 is 22.9 Å². The number of carboxylic acid groups (broad SMARTS) is 1. The van der Waals surface area contributed by atoms with Crippen LogP contribution in [-0.4, -0.2) is 20.9 Å². The lowest BCUT2D eigenvalue weighted by Gasteiger charge is -2.00. The van der Waals surface area contributed by atoms with Crippen molar-refractivity contribution in [3.05, 3.63) is 45.4 Å². The summed E-state index contributed by atoms with van der Waals surface area (Å²) < 4.78 is 1.71. The molecule has 0 aromatic carbocycles. The highest BCUT2D eigenvalue weighted by atomic mass is 35.5. The largest absolute Gasteiger partial charge is 0.478 e. The molecule has 1 N–H and O–H groups in total. The minimum Gasteiger partial charge on any atom is -0.478 e. The zero-order valence-electron chi connectivity index (χ0n) is 8.71. The number of aliphatic carboxylic acids is 1. The summed E-state index contributed by atoms with van der Waals surface area (Å²) >= 11 is 7.33. The normalized spacial score (nSPS) is 11.1. The quantitative estimate of drug-likeness (QED) is 0.868. The van der Waals surface area contributed by atoms with Crippen molar-refractivity contribution in [3.8, 4) is 0 Å². The van der Waals surface area contributed by atoms with Crippen molar-refractivity contribution in [1.29, 1.82) is 0 Å². The molecule has 0 radical (unpaired) electrons. The first-order chi connectivity index (χ1) is 8.15. The number of aromatic nitrogens is 2. The molecule has 0 saturated carbocycles. The summed E-state index contributed by atoms with van der Waals surface area (Å²) in [5.41, 5.74) is 0.893. The molecule has 2 aromatic heterocycles. The molecule has 0 aliphatic carbocycles. The average molecular weight is 269 g/mol. The minimum absolute atomic E-state index is 0.587. The van der Waals surface area contributed by atoms with Gasteiger partial charge < -0.3 is 5.11 Å². The van der Waals surface area contributed by atoms with Gasteiger partial charge in [0, 0.05) is 17.2 Å². The maximum absolute atomic E-state index is 10.4. The van der Waals surface area contributed by atoms with Gasteiger partial charge in [-0.15, -0.1) is 11.3 Å². The van der Waals surface area contributed by atoms with Gasteiger partial charge in [0.2, 0.25) is 0 Å². The van der Waals surface area contributed by atoms with Gasteiger partial charge in [-0.05, 0) is 23.1 Å². The average Bonchev–Trinajstić information content (AvgIpc) is 2.86. The topological polar surface area (TPSA) is 55.1 Å². The van der Waals surface area contributed by atoms with Gasteiger partial charge in [-0.1, -0.05) is 11.6 Å². The number of thiophene rings is 1. The molecular weight excluding hydrogens is 260 g/mol. The predicted octanol–water partition coefficient (Wildman–Crippen LogP) is 2.74. The molecule has 88 valence electrons. The number of halogens is 1. The fraction of sp³-hybridized carbons (Fsp3) is 0.0909. The molecule has 6 heteroatoms. The van der Waals surface area contributed by atoms with Crippen molar-refractivity contribution in [2.45, 2.75) is 6.54 Å². The van der Waals surface area contributed by atoms with E-state index >= 15 is 0 Å². The predicted molar refractivity (Wildman–Crippen MR) is 67.3 cm³/mol. The van der Waals surface area contributed by atoms with Gasteiger partial charge >= 0.3 is 5.97 Å². The van der Waals surface area contributed by atoms with E-state index < -0.39 is 5.97 Å². The van der Waals surface area contributed by atoms with E-state index in [1.807, 2.05) is 11.4 Å². The summed E-state index contributed by atoms with van der Waals surface area (Å²) in [6.07, 6.45) is 6.01. The fourth-order valence-electron chi connectivity index (χ4n) is 1.36. The molecule has 17 heavy (non-hydrogen) atoms. The summed E-state index contributed by atoms with van der Waals surface area (Å²) in [4.78, 5) is 11.5. The Morgan fingerprint density at radius 3 is 3.12 bits per heavy atom. The van der Waals surface area contributed by atoms with Crippen LogP contribution in [0.3, 0.4) is 0 Å². The number of rotatable bonds is 4. The van der Waals surface area contributed by atoms with E-state index in [1.165, 1.54) is 0 Å². The smallest absolute Gasteiger partial charge is 0.328 e. The second kappa shape index (κ2) is 5.16. The standard InChI is InChI=1S/C11H9ClN2O2S/c12-9-5-13-14(6-9)7-10-8(3-4-17-10)1-2-11(15)16/h1-6H,7H2,(H,15,16). The lowest BCUT2D eigenvalue weighted by atomic mass is 10.2. The third kappa shape index (κ3) is 3.18. The molecule has 0 unspecified atom stereocenters. The molecule has 0 saturated heterocycles. The van der Waals surface area contributed by atoms with Crippen LogP contribution in [0.15, 0.2) is 29.9 Å². The summed E-state index contributed by atoms with van der Waals surface area (Å²) in [6.45, 7) is 0.587. The number of nitrogens with zero attached hydrogens (tertiary/aromatic N) is 2. The number of carbonyl (C=O) groups is 1. The number of hydrogen-bond donors (Lipinski definition) is 1. The van der Waals surface area contributed by atoms with Gasteiger partial charge in [0.1, 0.15) is 0 Å². The molecule has 0 spiro atoms.